The van der Waals surface area contributed by atoms with E-state index in [1.54, 1.807) is 0 Å². The number of carbonyl (C=O) groups excluding carboxylic acids is 1. The molecule has 0 N–H and O–H groups in total. The molecule has 1 aromatic rings. The Morgan fingerprint density at radius 2 is 2.33 bits per heavy atom. The molecule has 1 aliphatic heterocycles. The van der Waals surface area contributed by atoms with Crippen LogP contribution in [0.2, 0.25) is 5.02 Å². The molecule has 0 saturated carbocycles. The van der Waals surface area contributed by atoms with Crippen molar-refractivity contribution in [1.29, 1.82) is 0 Å². The molecule has 9 heteroatoms. The van der Waals surface area contributed by atoms with Gasteiger partial charge in [-0.2, -0.15) is 0 Å². The Morgan fingerprint density at radius 1 is 1.62 bits per heavy atom. The van der Waals surface area contributed by atoms with Crippen LogP contribution >= 0.6 is 11.6 Å². The molecule has 0 aliphatic carbocycles. The van der Waals surface area contributed by atoms with Crippen molar-refractivity contribution in [2.75, 3.05) is 31.8 Å². The Morgan fingerprint density at radius 3 is 2.95 bits per heavy atom. The summed E-state index contributed by atoms with van der Waals surface area (Å²) in [6.07, 6.45) is 0. The Labute approximate surface area is 124 Å². The standard InChI is InChI=1S/C12H12ClFN2O5/c1-20-12(17)11-6-21-3-2-15(11)9-5-8(14)7(13)4-10(9)16(18)19/h4-5,11H,2-3,6H2,1H3. The maximum Gasteiger partial charge on any atom is 0.330 e. The molecule has 1 atom stereocenters. The lowest BCUT2D eigenvalue weighted by Crippen LogP contribution is -2.50. The Kier molecular flexibility index (Phi) is 4.59. The largest absolute Gasteiger partial charge is 0.467 e. The molecule has 1 unspecified atom stereocenters. The van der Waals surface area contributed by atoms with Crippen molar-refractivity contribution < 1.29 is 23.6 Å². The number of halogens is 2. The lowest BCUT2D eigenvalue weighted by atomic mass is 10.1. The van der Waals surface area contributed by atoms with Crippen LogP contribution in [0.15, 0.2) is 12.1 Å². The topological polar surface area (TPSA) is 81.9 Å². The van der Waals surface area contributed by atoms with Gasteiger partial charge in [0.15, 0.2) is 6.04 Å². The number of benzene rings is 1. The highest BCUT2D eigenvalue weighted by molar-refractivity contribution is 6.31. The van der Waals surface area contributed by atoms with E-state index in [-0.39, 0.29) is 36.2 Å². The highest BCUT2D eigenvalue weighted by atomic mass is 35.5. The Balaban J connectivity index is 2.49. The Bertz CT molecular complexity index is 583. The minimum Gasteiger partial charge on any atom is -0.467 e. The first-order valence-electron chi connectivity index (χ1n) is 6.01. The first-order chi connectivity index (χ1) is 9.95. The maximum absolute atomic E-state index is 13.7. The number of nitro groups is 1. The number of carbonyl (C=O) groups is 1. The van der Waals surface area contributed by atoms with Crippen LogP contribution in [0.5, 0.6) is 0 Å². The van der Waals surface area contributed by atoms with Crippen LogP contribution < -0.4 is 4.90 Å². The summed E-state index contributed by atoms with van der Waals surface area (Å²) < 4.78 is 23.5. The minimum atomic E-state index is -0.872. The zero-order chi connectivity index (χ0) is 15.6. The van der Waals surface area contributed by atoms with Crippen LogP contribution in [0, 0.1) is 15.9 Å². The zero-order valence-corrected chi connectivity index (χ0v) is 11.8. The molecule has 2 rings (SSSR count). The summed E-state index contributed by atoms with van der Waals surface area (Å²) in [6, 6.07) is 1.00. The third kappa shape index (κ3) is 3.06. The number of hydrogen-bond donors (Lipinski definition) is 0. The fourth-order valence-corrected chi connectivity index (χ4v) is 2.28. The minimum absolute atomic E-state index is 0.00801. The normalized spacial score (nSPS) is 18.4. The van der Waals surface area contributed by atoms with Gasteiger partial charge in [-0.05, 0) is 0 Å². The third-order valence-electron chi connectivity index (χ3n) is 3.13. The Hall–Kier alpha value is -1.93. The summed E-state index contributed by atoms with van der Waals surface area (Å²) in [4.78, 5) is 23.6. The monoisotopic (exact) mass is 318 g/mol. The average molecular weight is 319 g/mol. The maximum atomic E-state index is 13.7. The van der Waals surface area contributed by atoms with Gasteiger partial charge in [-0.15, -0.1) is 0 Å². The summed E-state index contributed by atoms with van der Waals surface area (Å²) in [5, 5.41) is 10.8. The fraction of sp³-hybridized carbons (Fsp3) is 0.417. The molecule has 1 aliphatic rings. The van der Waals surface area contributed by atoms with Crippen LogP contribution in [-0.2, 0) is 14.3 Å². The van der Waals surface area contributed by atoms with E-state index < -0.39 is 22.8 Å². The second-order valence-electron chi connectivity index (χ2n) is 4.32. The van der Waals surface area contributed by atoms with Gasteiger partial charge < -0.3 is 14.4 Å². The van der Waals surface area contributed by atoms with Crippen molar-refractivity contribution >= 4 is 28.9 Å². The van der Waals surface area contributed by atoms with Crippen LogP contribution in [0.1, 0.15) is 0 Å². The number of anilines is 1. The van der Waals surface area contributed by atoms with Gasteiger partial charge in [0.05, 0.1) is 30.3 Å². The predicted octanol–water partition coefficient (Wildman–Crippen LogP) is 1.77. The summed E-state index contributed by atoms with van der Waals surface area (Å²) >= 11 is 5.58. The smallest absolute Gasteiger partial charge is 0.330 e. The molecule has 21 heavy (non-hydrogen) atoms. The zero-order valence-electron chi connectivity index (χ0n) is 11.0. The molecule has 1 fully saturated rings. The van der Waals surface area contributed by atoms with Crippen LogP contribution in [0.4, 0.5) is 15.8 Å². The number of nitrogens with zero attached hydrogens (tertiary/aromatic N) is 2. The van der Waals surface area contributed by atoms with Gasteiger partial charge in [0.2, 0.25) is 0 Å². The summed E-state index contributed by atoms with van der Waals surface area (Å²) in [6.45, 7) is 0.463. The number of esters is 1. The number of nitro benzene ring substituents is 1. The summed E-state index contributed by atoms with van der Waals surface area (Å²) in [7, 11) is 1.20. The van der Waals surface area contributed by atoms with Gasteiger partial charge in [-0.3, -0.25) is 10.1 Å². The fourth-order valence-electron chi connectivity index (χ4n) is 2.13. The SMILES string of the molecule is COC(=O)C1COCCN1c1cc(F)c(Cl)cc1[N+](=O)[O-]. The first-order valence-corrected chi connectivity index (χ1v) is 6.39. The lowest BCUT2D eigenvalue weighted by molar-refractivity contribution is -0.384. The van der Waals surface area contributed by atoms with Crippen molar-refractivity contribution in [2.45, 2.75) is 6.04 Å². The van der Waals surface area contributed by atoms with Gasteiger partial charge in [0.1, 0.15) is 11.5 Å². The highest BCUT2D eigenvalue weighted by Crippen LogP contribution is 2.35. The molecule has 0 spiro atoms. The molecule has 0 aromatic heterocycles. The van der Waals surface area contributed by atoms with Crippen molar-refractivity contribution in [3.05, 3.63) is 33.1 Å². The van der Waals surface area contributed by atoms with E-state index in [0.29, 0.717) is 0 Å². The average Bonchev–Trinajstić information content (AvgIpc) is 2.48. The molecule has 0 radical (unpaired) electrons. The second-order valence-corrected chi connectivity index (χ2v) is 4.73. The number of hydrogen-bond acceptors (Lipinski definition) is 6. The van der Waals surface area contributed by atoms with Gasteiger partial charge in [0, 0.05) is 18.7 Å². The highest BCUT2D eigenvalue weighted by Gasteiger charge is 2.34. The van der Waals surface area contributed by atoms with Gasteiger partial charge in [-0.25, -0.2) is 9.18 Å². The molecule has 1 heterocycles. The van der Waals surface area contributed by atoms with Gasteiger partial charge in [-0.1, -0.05) is 11.6 Å². The number of rotatable bonds is 3. The van der Waals surface area contributed by atoms with Crippen molar-refractivity contribution in [1.82, 2.24) is 0 Å². The van der Waals surface area contributed by atoms with Crippen molar-refractivity contribution in [3.8, 4) is 0 Å². The molecular weight excluding hydrogens is 307 g/mol. The molecule has 1 saturated heterocycles. The number of ether oxygens (including phenoxy) is 2. The van der Waals surface area contributed by atoms with Gasteiger partial charge in [0.25, 0.3) is 5.69 Å². The van der Waals surface area contributed by atoms with Crippen LogP contribution in [-0.4, -0.2) is 43.8 Å². The number of methoxy groups -OCH3 is 1. The summed E-state index contributed by atoms with van der Waals surface area (Å²) in [5.74, 6) is -1.41. The van der Waals surface area contributed by atoms with Gasteiger partial charge >= 0.3 is 5.97 Å². The van der Waals surface area contributed by atoms with E-state index in [1.165, 1.54) is 12.0 Å². The molecular formula is C12H12ClFN2O5. The van der Waals surface area contributed by atoms with E-state index >= 15 is 0 Å². The van der Waals surface area contributed by atoms with Crippen LogP contribution in [0.25, 0.3) is 0 Å². The van der Waals surface area contributed by atoms with E-state index in [2.05, 4.69) is 4.74 Å². The van der Waals surface area contributed by atoms with Crippen molar-refractivity contribution in [2.24, 2.45) is 0 Å². The molecule has 1 aromatic carbocycles. The molecule has 7 nitrogen and oxygen atoms in total. The van der Waals surface area contributed by atoms with E-state index in [1.807, 2.05) is 0 Å². The molecule has 0 amide bonds. The van der Waals surface area contributed by atoms with E-state index in [9.17, 15) is 19.3 Å². The predicted molar refractivity (Wildman–Crippen MR) is 72.0 cm³/mol. The lowest BCUT2D eigenvalue weighted by Gasteiger charge is -2.35. The quantitative estimate of drug-likeness (QED) is 0.480. The molecule has 114 valence electrons. The van der Waals surface area contributed by atoms with Crippen molar-refractivity contribution in [3.63, 3.8) is 0 Å². The number of morpholine rings is 1. The second kappa shape index (κ2) is 6.23. The third-order valence-corrected chi connectivity index (χ3v) is 3.41. The van der Waals surface area contributed by atoms with E-state index in [0.717, 1.165) is 12.1 Å². The summed E-state index contributed by atoms with van der Waals surface area (Å²) in [5.41, 5.74) is -0.405. The first kappa shape index (κ1) is 15.5. The molecule has 0 bridgehead atoms. The van der Waals surface area contributed by atoms with Crippen LogP contribution in [0.3, 0.4) is 0 Å². The van der Waals surface area contributed by atoms with E-state index in [4.69, 9.17) is 16.3 Å².